The van der Waals surface area contributed by atoms with Crippen LogP contribution >= 0.6 is 0 Å². The minimum Gasteiger partial charge on any atom is -0.497 e. The number of hydrogen-bond acceptors (Lipinski definition) is 4. The van der Waals surface area contributed by atoms with Crippen molar-refractivity contribution >= 4 is 16.8 Å². The van der Waals surface area contributed by atoms with Gasteiger partial charge in [-0.05, 0) is 36.8 Å². The first-order chi connectivity index (χ1) is 14.5. The second-order valence-corrected chi connectivity index (χ2v) is 6.85. The third-order valence-electron chi connectivity index (χ3n) is 4.98. The number of amides is 1. The van der Waals surface area contributed by atoms with Crippen LogP contribution in [-0.4, -0.2) is 33.6 Å². The van der Waals surface area contributed by atoms with Crippen molar-refractivity contribution in [2.24, 2.45) is 0 Å². The summed E-state index contributed by atoms with van der Waals surface area (Å²) in [5.41, 5.74) is 0.552. The molecule has 0 atom stereocenters. The lowest BCUT2D eigenvalue weighted by Crippen LogP contribution is -2.43. The van der Waals surface area contributed by atoms with E-state index in [0.29, 0.717) is 24.0 Å². The van der Waals surface area contributed by atoms with E-state index in [9.17, 15) is 14.4 Å². The lowest BCUT2D eigenvalue weighted by Gasteiger charge is -2.23. The first-order valence-corrected chi connectivity index (χ1v) is 9.74. The second-order valence-electron chi connectivity index (χ2n) is 6.85. The summed E-state index contributed by atoms with van der Waals surface area (Å²) < 4.78 is 7.69. The fourth-order valence-electron chi connectivity index (χ4n) is 3.40. The molecule has 0 fully saturated rings. The number of para-hydroxylation sites is 1. The van der Waals surface area contributed by atoms with E-state index in [-0.39, 0.29) is 24.6 Å². The first-order valence-electron chi connectivity index (χ1n) is 9.74. The number of ether oxygens (including phenoxy) is 1. The van der Waals surface area contributed by atoms with Crippen molar-refractivity contribution < 1.29 is 9.53 Å². The summed E-state index contributed by atoms with van der Waals surface area (Å²) in [5.74, 6) is 0.500. The zero-order valence-electron chi connectivity index (χ0n) is 17.2. The molecular formula is C23H25N3O4. The molecule has 30 heavy (non-hydrogen) atoms. The van der Waals surface area contributed by atoms with Crippen LogP contribution in [0.5, 0.6) is 5.75 Å². The molecule has 1 amide bonds. The minimum atomic E-state index is -0.488. The number of aromatic nitrogens is 2. The standard InChI is InChI=1S/C23H25N3O4/c1-4-14-24(15-17-10-12-18(30-3)13-11-17)21(27)16-26-20-9-7-6-8-19(20)22(28)25(5-2)23(26)29/h4,6-13H,1,5,14-16H2,2-3H3. The maximum atomic E-state index is 13.1. The van der Waals surface area contributed by atoms with Crippen LogP contribution in [0.3, 0.4) is 0 Å². The van der Waals surface area contributed by atoms with Crippen molar-refractivity contribution in [2.45, 2.75) is 26.6 Å². The summed E-state index contributed by atoms with van der Waals surface area (Å²) in [6, 6.07) is 14.3. The van der Waals surface area contributed by atoms with Gasteiger partial charge in [-0.2, -0.15) is 0 Å². The van der Waals surface area contributed by atoms with E-state index in [4.69, 9.17) is 4.74 Å². The highest BCUT2D eigenvalue weighted by molar-refractivity contribution is 5.81. The molecule has 0 aliphatic rings. The van der Waals surface area contributed by atoms with Gasteiger partial charge in [-0.25, -0.2) is 4.79 Å². The van der Waals surface area contributed by atoms with Crippen molar-refractivity contribution in [3.63, 3.8) is 0 Å². The van der Waals surface area contributed by atoms with E-state index in [0.717, 1.165) is 15.9 Å². The average Bonchev–Trinajstić information content (AvgIpc) is 2.77. The number of rotatable bonds is 8. The predicted molar refractivity (Wildman–Crippen MR) is 117 cm³/mol. The van der Waals surface area contributed by atoms with Crippen LogP contribution in [0.1, 0.15) is 12.5 Å². The fourth-order valence-corrected chi connectivity index (χ4v) is 3.40. The third kappa shape index (κ3) is 4.20. The molecule has 0 aliphatic heterocycles. The Kier molecular flexibility index (Phi) is 6.51. The van der Waals surface area contributed by atoms with Gasteiger partial charge in [-0.1, -0.05) is 30.3 Å². The normalized spacial score (nSPS) is 10.7. The highest BCUT2D eigenvalue weighted by atomic mass is 16.5. The van der Waals surface area contributed by atoms with Gasteiger partial charge in [0.05, 0.1) is 18.0 Å². The maximum Gasteiger partial charge on any atom is 0.331 e. The van der Waals surface area contributed by atoms with Crippen LogP contribution in [0.2, 0.25) is 0 Å². The molecule has 3 rings (SSSR count). The quantitative estimate of drug-likeness (QED) is 0.538. The van der Waals surface area contributed by atoms with Gasteiger partial charge in [0.2, 0.25) is 5.91 Å². The lowest BCUT2D eigenvalue weighted by molar-refractivity contribution is -0.131. The van der Waals surface area contributed by atoms with Gasteiger partial charge < -0.3 is 9.64 Å². The van der Waals surface area contributed by atoms with E-state index >= 15 is 0 Å². The van der Waals surface area contributed by atoms with Crippen LogP contribution in [0.15, 0.2) is 70.8 Å². The second kappa shape index (κ2) is 9.26. The molecule has 7 nitrogen and oxygen atoms in total. The Balaban J connectivity index is 1.96. The van der Waals surface area contributed by atoms with Crippen LogP contribution in [0, 0.1) is 0 Å². The molecule has 2 aromatic carbocycles. The summed E-state index contributed by atoms with van der Waals surface area (Å²) >= 11 is 0. The molecule has 0 aliphatic carbocycles. The smallest absolute Gasteiger partial charge is 0.331 e. The Morgan fingerprint density at radius 3 is 2.43 bits per heavy atom. The molecule has 0 spiro atoms. The van der Waals surface area contributed by atoms with Crippen molar-refractivity contribution in [1.82, 2.24) is 14.0 Å². The number of methoxy groups -OCH3 is 1. The number of hydrogen-bond donors (Lipinski definition) is 0. The molecule has 1 heterocycles. The molecule has 0 radical (unpaired) electrons. The molecule has 0 unspecified atom stereocenters. The molecule has 0 saturated carbocycles. The SMILES string of the molecule is C=CCN(Cc1ccc(OC)cc1)C(=O)Cn1c(=O)n(CC)c(=O)c2ccccc21. The van der Waals surface area contributed by atoms with Crippen LogP contribution in [0.4, 0.5) is 0 Å². The minimum absolute atomic E-state index is 0.163. The molecule has 1 aromatic heterocycles. The zero-order valence-corrected chi connectivity index (χ0v) is 17.2. The molecule has 156 valence electrons. The van der Waals surface area contributed by atoms with Gasteiger partial charge in [-0.3, -0.25) is 18.7 Å². The van der Waals surface area contributed by atoms with Crippen molar-refractivity contribution in [2.75, 3.05) is 13.7 Å². The summed E-state index contributed by atoms with van der Waals surface area (Å²) in [4.78, 5) is 40.2. The summed E-state index contributed by atoms with van der Waals surface area (Å²) in [5, 5.41) is 0.414. The Bertz CT molecular complexity index is 1180. The Labute approximate surface area is 174 Å². The van der Waals surface area contributed by atoms with Gasteiger partial charge >= 0.3 is 5.69 Å². The molecule has 0 bridgehead atoms. The first kappa shape index (κ1) is 21.1. The van der Waals surface area contributed by atoms with E-state index in [1.165, 1.54) is 4.57 Å². The number of fused-ring (bicyclic) bond motifs is 1. The number of carbonyl (C=O) groups is 1. The Hall–Kier alpha value is -3.61. The molecule has 0 saturated heterocycles. The number of carbonyl (C=O) groups excluding carboxylic acids is 1. The zero-order chi connectivity index (χ0) is 21.7. The monoisotopic (exact) mass is 407 g/mol. The summed E-state index contributed by atoms with van der Waals surface area (Å²) in [6.45, 7) is 6.25. The third-order valence-corrected chi connectivity index (χ3v) is 4.98. The molecular weight excluding hydrogens is 382 g/mol. The average molecular weight is 407 g/mol. The van der Waals surface area contributed by atoms with Gasteiger partial charge in [0, 0.05) is 19.6 Å². The van der Waals surface area contributed by atoms with E-state index in [1.807, 2.05) is 24.3 Å². The lowest BCUT2D eigenvalue weighted by atomic mass is 10.2. The van der Waals surface area contributed by atoms with E-state index in [2.05, 4.69) is 6.58 Å². The van der Waals surface area contributed by atoms with Gasteiger partial charge in [0.15, 0.2) is 0 Å². The Morgan fingerprint density at radius 2 is 1.80 bits per heavy atom. The van der Waals surface area contributed by atoms with Crippen LogP contribution in [-0.2, 0) is 24.4 Å². The highest BCUT2D eigenvalue weighted by Crippen LogP contribution is 2.14. The van der Waals surface area contributed by atoms with Crippen molar-refractivity contribution in [3.8, 4) is 5.75 Å². The summed E-state index contributed by atoms with van der Waals surface area (Å²) in [6.07, 6.45) is 1.65. The predicted octanol–water partition coefficient (Wildman–Crippen LogP) is 2.41. The van der Waals surface area contributed by atoms with E-state index < -0.39 is 5.69 Å². The Morgan fingerprint density at radius 1 is 1.10 bits per heavy atom. The topological polar surface area (TPSA) is 73.5 Å². The molecule has 7 heteroatoms. The van der Waals surface area contributed by atoms with E-state index in [1.54, 1.807) is 49.3 Å². The number of benzene rings is 2. The van der Waals surface area contributed by atoms with Crippen molar-refractivity contribution in [1.29, 1.82) is 0 Å². The largest absolute Gasteiger partial charge is 0.497 e. The fraction of sp³-hybridized carbons (Fsp3) is 0.261. The highest BCUT2D eigenvalue weighted by Gasteiger charge is 2.18. The van der Waals surface area contributed by atoms with Gasteiger partial charge in [-0.15, -0.1) is 6.58 Å². The molecule has 3 aromatic rings. The molecule has 0 N–H and O–H groups in total. The maximum absolute atomic E-state index is 13.1. The van der Waals surface area contributed by atoms with Crippen LogP contribution < -0.4 is 16.0 Å². The van der Waals surface area contributed by atoms with Gasteiger partial charge in [0.25, 0.3) is 5.56 Å². The van der Waals surface area contributed by atoms with Crippen molar-refractivity contribution in [3.05, 3.63) is 87.6 Å². The van der Waals surface area contributed by atoms with Crippen LogP contribution in [0.25, 0.3) is 10.9 Å². The van der Waals surface area contributed by atoms with Gasteiger partial charge in [0.1, 0.15) is 12.3 Å². The summed E-state index contributed by atoms with van der Waals surface area (Å²) in [7, 11) is 1.60. The number of nitrogens with zero attached hydrogens (tertiary/aromatic N) is 3.